The van der Waals surface area contributed by atoms with Gasteiger partial charge in [-0.25, -0.2) is 4.39 Å². The number of ether oxygens (including phenoxy) is 1. The van der Waals surface area contributed by atoms with Gasteiger partial charge in [-0.1, -0.05) is 24.9 Å². The molecule has 0 aromatic heterocycles. The second-order valence-electron chi connectivity index (χ2n) is 3.64. The van der Waals surface area contributed by atoms with Crippen LogP contribution >= 0.6 is 11.6 Å². The van der Waals surface area contributed by atoms with E-state index in [1.54, 1.807) is 13.0 Å². The van der Waals surface area contributed by atoms with Crippen molar-refractivity contribution in [1.82, 2.24) is 0 Å². The van der Waals surface area contributed by atoms with Gasteiger partial charge in [0, 0.05) is 6.04 Å². The summed E-state index contributed by atoms with van der Waals surface area (Å²) >= 11 is 5.94. The zero-order chi connectivity index (χ0) is 12.1. The fourth-order valence-electron chi connectivity index (χ4n) is 1.55. The van der Waals surface area contributed by atoms with Crippen LogP contribution in [0, 0.1) is 5.82 Å². The van der Waals surface area contributed by atoms with Gasteiger partial charge in [0.05, 0.1) is 11.6 Å². The average Bonchev–Trinajstić information content (AvgIpc) is 2.23. The van der Waals surface area contributed by atoms with Gasteiger partial charge in [0.25, 0.3) is 0 Å². The molecule has 0 aliphatic heterocycles. The molecule has 0 amide bonds. The quantitative estimate of drug-likeness (QED) is 0.859. The van der Waals surface area contributed by atoms with Gasteiger partial charge in [-0.05, 0) is 31.0 Å². The molecule has 1 atom stereocenters. The van der Waals surface area contributed by atoms with Crippen LogP contribution in [-0.4, -0.2) is 6.61 Å². The lowest BCUT2D eigenvalue weighted by Gasteiger charge is -2.14. The molecule has 1 rings (SSSR count). The number of halogens is 2. The van der Waals surface area contributed by atoms with E-state index in [4.69, 9.17) is 22.1 Å². The normalized spacial score (nSPS) is 12.6. The molecule has 4 heteroatoms. The minimum Gasteiger partial charge on any atom is -0.489 e. The lowest BCUT2D eigenvalue weighted by molar-refractivity contribution is 0.321. The summed E-state index contributed by atoms with van der Waals surface area (Å²) in [7, 11) is 0. The second-order valence-corrected chi connectivity index (χ2v) is 4.05. The Morgan fingerprint density at radius 3 is 2.62 bits per heavy atom. The fourth-order valence-corrected chi connectivity index (χ4v) is 1.82. The first-order chi connectivity index (χ1) is 7.60. The Labute approximate surface area is 101 Å². The molecule has 1 aromatic carbocycles. The third-order valence-electron chi connectivity index (χ3n) is 2.34. The van der Waals surface area contributed by atoms with Gasteiger partial charge in [0.1, 0.15) is 0 Å². The summed E-state index contributed by atoms with van der Waals surface area (Å²) in [5.41, 5.74) is 6.62. The Balaban J connectivity index is 2.99. The summed E-state index contributed by atoms with van der Waals surface area (Å²) in [5.74, 6) is -0.340. The third-order valence-corrected chi connectivity index (χ3v) is 2.62. The third kappa shape index (κ3) is 3.09. The van der Waals surface area contributed by atoms with E-state index in [2.05, 4.69) is 0 Å². The van der Waals surface area contributed by atoms with Gasteiger partial charge in [-0.2, -0.15) is 0 Å². The van der Waals surface area contributed by atoms with Crippen molar-refractivity contribution in [1.29, 1.82) is 0 Å². The minimum absolute atomic E-state index is 0.108. The maximum Gasteiger partial charge on any atom is 0.173 e. The molecule has 0 radical (unpaired) electrons. The Kier molecular flexibility index (Phi) is 5.03. The smallest absolute Gasteiger partial charge is 0.173 e. The molecule has 90 valence electrons. The van der Waals surface area contributed by atoms with Crippen molar-refractivity contribution in [2.75, 3.05) is 6.61 Å². The first-order valence-electron chi connectivity index (χ1n) is 5.47. The van der Waals surface area contributed by atoms with E-state index >= 15 is 0 Å². The zero-order valence-corrected chi connectivity index (χ0v) is 10.4. The predicted octanol–water partition coefficient (Wildman–Crippen LogP) is 3.68. The molecule has 0 unspecified atom stereocenters. The highest BCUT2D eigenvalue weighted by molar-refractivity contribution is 6.32. The van der Waals surface area contributed by atoms with Crippen LogP contribution in [-0.2, 0) is 0 Å². The van der Waals surface area contributed by atoms with Crippen molar-refractivity contribution in [2.24, 2.45) is 5.73 Å². The van der Waals surface area contributed by atoms with Crippen molar-refractivity contribution < 1.29 is 9.13 Å². The van der Waals surface area contributed by atoms with Gasteiger partial charge in [0.2, 0.25) is 0 Å². The first kappa shape index (κ1) is 13.3. The second kappa shape index (κ2) is 6.06. The molecule has 0 fully saturated rings. The molecule has 2 nitrogen and oxygen atoms in total. The molecular formula is C12H17ClFNO. The minimum atomic E-state index is -0.448. The maximum atomic E-state index is 13.6. The SMILES string of the molecule is CCC[C@H](N)c1cc(F)c(OCC)c(Cl)c1. The first-order valence-corrected chi connectivity index (χ1v) is 5.85. The average molecular weight is 246 g/mol. The van der Waals surface area contributed by atoms with Crippen LogP contribution in [0.15, 0.2) is 12.1 Å². The molecule has 0 bridgehead atoms. The van der Waals surface area contributed by atoms with Gasteiger partial charge < -0.3 is 10.5 Å². The van der Waals surface area contributed by atoms with E-state index in [9.17, 15) is 4.39 Å². The van der Waals surface area contributed by atoms with E-state index in [0.717, 1.165) is 12.8 Å². The summed E-state index contributed by atoms with van der Waals surface area (Å²) < 4.78 is 18.7. The number of rotatable bonds is 5. The van der Waals surface area contributed by atoms with Gasteiger partial charge in [-0.3, -0.25) is 0 Å². The number of benzene rings is 1. The van der Waals surface area contributed by atoms with Crippen LogP contribution in [0.2, 0.25) is 5.02 Å². The number of hydrogen-bond acceptors (Lipinski definition) is 2. The zero-order valence-electron chi connectivity index (χ0n) is 9.59. The highest BCUT2D eigenvalue weighted by atomic mass is 35.5. The molecule has 16 heavy (non-hydrogen) atoms. The van der Waals surface area contributed by atoms with E-state index < -0.39 is 5.82 Å². The molecule has 0 saturated heterocycles. The van der Waals surface area contributed by atoms with Crippen LogP contribution in [0.5, 0.6) is 5.75 Å². The molecule has 0 heterocycles. The summed E-state index contributed by atoms with van der Waals surface area (Å²) in [6, 6.07) is 2.90. The van der Waals surface area contributed by atoms with Gasteiger partial charge in [-0.15, -0.1) is 0 Å². The fraction of sp³-hybridized carbons (Fsp3) is 0.500. The maximum absolute atomic E-state index is 13.6. The van der Waals surface area contributed by atoms with Crippen molar-refractivity contribution in [3.63, 3.8) is 0 Å². The van der Waals surface area contributed by atoms with Crippen molar-refractivity contribution in [2.45, 2.75) is 32.7 Å². The molecule has 1 aromatic rings. The van der Waals surface area contributed by atoms with Gasteiger partial charge in [0.15, 0.2) is 11.6 Å². The molecule has 0 spiro atoms. The summed E-state index contributed by atoms with van der Waals surface area (Å²) in [6.45, 7) is 4.20. The Hall–Kier alpha value is -0.800. The predicted molar refractivity (Wildman–Crippen MR) is 64.4 cm³/mol. The van der Waals surface area contributed by atoms with Crippen LogP contribution in [0.1, 0.15) is 38.3 Å². The van der Waals surface area contributed by atoms with Crippen molar-refractivity contribution >= 4 is 11.6 Å². The van der Waals surface area contributed by atoms with Crippen molar-refractivity contribution in [3.05, 3.63) is 28.5 Å². The van der Waals surface area contributed by atoms with Crippen molar-refractivity contribution in [3.8, 4) is 5.75 Å². The Morgan fingerprint density at radius 2 is 2.12 bits per heavy atom. The van der Waals surface area contributed by atoms with E-state index in [0.29, 0.717) is 12.2 Å². The number of nitrogens with two attached hydrogens (primary N) is 1. The Bertz CT molecular complexity index is 334. The van der Waals surface area contributed by atoms with E-state index in [-0.39, 0.29) is 16.8 Å². The van der Waals surface area contributed by atoms with Crippen LogP contribution in [0.3, 0.4) is 0 Å². The lowest BCUT2D eigenvalue weighted by Crippen LogP contribution is -2.10. The van der Waals surface area contributed by atoms with Crippen LogP contribution < -0.4 is 10.5 Å². The molecule has 0 saturated carbocycles. The largest absolute Gasteiger partial charge is 0.489 e. The van der Waals surface area contributed by atoms with Gasteiger partial charge >= 0.3 is 0 Å². The molecule has 2 N–H and O–H groups in total. The monoisotopic (exact) mass is 245 g/mol. The van der Waals surface area contributed by atoms with Crippen LogP contribution in [0.25, 0.3) is 0 Å². The molecule has 0 aliphatic rings. The number of hydrogen-bond donors (Lipinski definition) is 1. The summed E-state index contributed by atoms with van der Waals surface area (Å²) in [5, 5.41) is 0.281. The molecule has 0 aliphatic carbocycles. The topological polar surface area (TPSA) is 35.2 Å². The summed E-state index contributed by atoms with van der Waals surface area (Å²) in [4.78, 5) is 0. The van der Waals surface area contributed by atoms with E-state index in [1.807, 2.05) is 6.92 Å². The highest BCUT2D eigenvalue weighted by Crippen LogP contribution is 2.31. The molecular weight excluding hydrogens is 229 g/mol. The highest BCUT2D eigenvalue weighted by Gasteiger charge is 2.14. The standard InChI is InChI=1S/C12H17ClFNO/c1-3-5-11(15)8-6-9(13)12(16-4-2)10(14)7-8/h6-7,11H,3-5,15H2,1-2H3/t11-/m0/s1. The Morgan fingerprint density at radius 1 is 1.44 bits per heavy atom. The van der Waals surface area contributed by atoms with Crippen LogP contribution in [0.4, 0.5) is 4.39 Å². The lowest BCUT2D eigenvalue weighted by atomic mass is 10.0. The summed E-state index contributed by atoms with van der Waals surface area (Å²) in [6.07, 6.45) is 1.76. The van der Waals surface area contributed by atoms with E-state index in [1.165, 1.54) is 6.07 Å².